The highest BCUT2D eigenvalue weighted by Crippen LogP contribution is 2.47. The van der Waals surface area contributed by atoms with E-state index < -0.39 is 5.54 Å². The van der Waals surface area contributed by atoms with E-state index >= 15 is 0 Å². The maximum atomic E-state index is 12.1. The van der Waals surface area contributed by atoms with Crippen LogP contribution in [0.3, 0.4) is 0 Å². The third kappa shape index (κ3) is 1.73. The van der Waals surface area contributed by atoms with Crippen LogP contribution in [0.25, 0.3) is 0 Å². The number of nitrogens with one attached hydrogen (secondary N) is 1. The summed E-state index contributed by atoms with van der Waals surface area (Å²) in [6, 6.07) is 11.4. The third-order valence-electron chi connectivity index (χ3n) is 4.24. The van der Waals surface area contributed by atoms with E-state index in [1.807, 2.05) is 30.3 Å². The molecule has 2 aliphatic rings. The molecule has 1 aromatic carbocycles. The van der Waals surface area contributed by atoms with Gasteiger partial charge >= 0.3 is 0 Å². The largest absolute Gasteiger partial charge is 0.297 e. The Morgan fingerprint density at radius 2 is 1.90 bits per heavy atom. The van der Waals surface area contributed by atoms with Crippen LogP contribution in [0.4, 0.5) is 0 Å². The lowest BCUT2D eigenvalue weighted by atomic mass is 9.90. The minimum atomic E-state index is -1.05. The average molecular weight is 269 g/mol. The monoisotopic (exact) mass is 269 g/mol. The molecule has 1 saturated heterocycles. The summed E-state index contributed by atoms with van der Waals surface area (Å²) in [6.07, 6.45) is 0.679. The van der Waals surface area contributed by atoms with E-state index in [1.165, 1.54) is 4.90 Å². The van der Waals surface area contributed by atoms with Crippen LogP contribution in [0.2, 0.25) is 0 Å². The lowest BCUT2D eigenvalue weighted by Gasteiger charge is -2.31. The number of hydrogen-bond acceptors (Lipinski definition) is 4. The number of rotatable bonds is 4. The van der Waals surface area contributed by atoms with Gasteiger partial charge in [0.05, 0.1) is 24.4 Å². The van der Waals surface area contributed by atoms with Gasteiger partial charge in [0.2, 0.25) is 11.8 Å². The topological polar surface area (TPSA) is 73.2 Å². The Bertz CT molecular complexity index is 587. The summed E-state index contributed by atoms with van der Waals surface area (Å²) in [5.74, 6) is -0.533. The Morgan fingerprint density at radius 1 is 1.30 bits per heavy atom. The van der Waals surface area contributed by atoms with Crippen molar-refractivity contribution in [1.82, 2.24) is 10.2 Å². The first kappa shape index (κ1) is 12.8. The van der Waals surface area contributed by atoms with Gasteiger partial charge in [0.25, 0.3) is 0 Å². The van der Waals surface area contributed by atoms with Crippen LogP contribution < -0.4 is 5.32 Å². The van der Waals surface area contributed by atoms with Crippen molar-refractivity contribution in [2.75, 3.05) is 13.6 Å². The van der Waals surface area contributed by atoms with Crippen molar-refractivity contribution >= 4 is 11.8 Å². The van der Waals surface area contributed by atoms with Gasteiger partial charge < -0.3 is 0 Å². The Hall–Kier alpha value is -2.19. The number of piperidine rings is 1. The molecule has 0 bridgehead atoms. The quantitative estimate of drug-likeness (QED) is 0.814. The van der Waals surface area contributed by atoms with E-state index in [0.29, 0.717) is 6.42 Å². The van der Waals surface area contributed by atoms with Crippen molar-refractivity contribution < 1.29 is 9.59 Å². The molecule has 1 saturated carbocycles. The SMILES string of the molecule is CNC(C#N)(CN1C(=O)C2CC2C1=O)c1ccccc1. The molecule has 3 atom stereocenters. The predicted octanol–water partition coefficient (Wildman–Crippen LogP) is 0.630. The number of nitriles is 1. The smallest absolute Gasteiger partial charge is 0.233 e. The summed E-state index contributed by atoms with van der Waals surface area (Å²) in [5.41, 5.74) is -0.297. The fraction of sp³-hybridized carbons (Fsp3) is 0.400. The van der Waals surface area contributed by atoms with E-state index in [9.17, 15) is 14.9 Å². The second-order valence-electron chi connectivity index (χ2n) is 5.34. The summed E-state index contributed by atoms with van der Waals surface area (Å²) in [7, 11) is 1.67. The molecule has 20 heavy (non-hydrogen) atoms. The zero-order valence-corrected chi connectivity index (χ0v) is 11.2. The van der Waals surface area contributed by atoms with Gasteiger partial charge in [-0.2, -0.15) is 5.26 Å². The molecule has 3 rings (SSSR count). The number of likely N-dealkylation sites (tertiary alicyclic amines) is 1. The number of carbonyl (C=O) groups excluding carboxylic acids is 2. The first-order valence-electron chi connectivity index (χ1n) is 6.64. The van der Waals surface area contributed by atoms with E-state index in [1.54, 1.807) is 7.05 Å². The Kier molecular flexibility index (Phi) is 2.84. The van der Waals surface area contributed by atoms with Crippen LogP contribution in [-0.4, -0.2) is 30.3 Å². The second-order valence-corrected chi connectivity index (χ2v) is 5.34. The van der Waals surface area contributed by atoms with Crippen LogP contribution in [-0.2, 0) is 15.1 Å². The molecule has 1 aliphatic heterocycles. The molecular formula is C15H15N3O2. The summed E-state index contributed by atoms with van der Waals surface area (Å²) in [4.78, 5) is 25.4. The number of hydrogen-bond donors (Lipinski definition) is 1. The molecule has 1 aromatic rings. The molecule has 1 aliphatic carbocycles. The van der Waals surface area contributed by atoms with Crippen molar-refractivity contribution in [2.24, 2.45) is 11.8 Å². The minimum absolute atomic E-state index is 0.0642. The van der Waals surface area contributed by atoms with Crippen LogP contribution in [0.5, 0.6) is 0 Å². The number of carbonyl (C=O) groups is 2. The summed E-state index contributed by atoms with van der Waals surface area (Å²) < 4.78 is 0. The summed E-state index contributed by atoms with van der Waals surface area (Å²) in [6.45, 7) is 0.0642. The van der Waals surface area contributed by atoms with Gasteiger partial charge in [0, 0.05) is 0 Å². The van der Waals surface area contributed by atoms with E-state index in [4.69, 9.17) is 0 Å². The number of fused-ring (bicyclic) bond motifs is 1. The number of likely N-dealkylation sites (N-methyl/N-ethyl adjacent to an activating group) is 1. The molecule has 0 aromatic heterocycles. The van der Waals surface area contributed by atoms with Crippen LogP contribution in [0, 0.1) is 23.2 Å². The zero-order chi connectivity index (χ0) is 14.3. The maximum Gasteiger partial charge on any atom is 0.233 e. The van der Waals surface area contributed by atoms with Gasteiger partial charge in [-0.3, -0.25) is 19.8 Å². The van der Waals surface area contributed by atoms with Gasteiger partial charge in [0.1, 0.15) is 5.54 Å². The van der Waals surface area contributed by atoms with Gasteiger partial charge in [-0.15, -0.1) is 0 Å². The standard InChI is InChI=1S/C15H15N3O2/c1-17-15(8-16,10-5-3-2-4-6-10)9-18-13(19)11-7-12(11)14(18)20/h2-6,11-12,17H,7,9H2,1H3. The molecular weight excluding hydrogens is 254 g/mol. The Labute approximate surface area is 117 Å². The maximum absolute atomic E-state index is 12.1. The number of amides is 2. The molecule has 102 valence electrons. The van der Waals surface area contributed by atoms with Crippen molar-refractivity contribution in [3.8, 4) is 6.07 Å². The molecule has 2 fully saturated rings. The van der Waals surface area contributed by atoms with Gasteiger partial charge in [-0.25, -0.2) is 0 Å². The predicted molar refractivity (Wildman–Crippen MR) is 71.1 cm³/mol. The molecule has 3 unspecified atom stereocenters. The number of imide groups is 1. The summed E-state index contributed by atoms with van der Waals surface area (Å²) in [5, 5.41) is 12.6. The highest BCUT2D eigenvalue weighted by atomic mass is 16.2. The van der Waals surface area contributed by atoms with Gasteiger partial charge in [0.15, 0.2) is 0 Å². The molecule has 2 amide bonds. The van der Waals surface area contributed by atoms with Gasteiger partial charge in [-0.1, -0.05) is 30.3 Å². The van der Waals surface area contributed by atoms with Crippen LogP contribution >= 0.6 is 0 Å². The molecule has 5 nitrogen and oxygen atoms in total. The van der Waals surface area contributed by atoms with E-state index in [0.717, 1.165) is 5.56 Å². The van der Waals surface area contributed by atoms with Crippen molar-refractivity contribution in [1.29, 1.82) is 5.26 Å². The summed E-state index contributed by atoms with van der Waals surface area (Å²) >= 11 is 0. The van der Waals surface area contributed by atoms with Crippen LogP contribution in [0.15, 0.2) is 30.3 Å². The lowest BCUT2D eigenvalue weighted by molar-refractivity contribution is -0.142. The lowest BCUT2D eigenvalue weighted by Crippen LogP contribution is -2.51. The fourth-order valence-corrected chi connectivity index (χ4v) is 2.84. The molecule has 5 heteroatoms. The second kappa shape index (κ2) is 4.43. The fourth-order valence-electron chi connectivity index (χ4n) is 2.84. The normalized spacial score (nSPS) is 26.9. The molecule has 1 heterocycles. The van der Waals surface area contributed by atoms with E-state index in [2.05, 4.69) is 11.4 Å². The Balaban J connectivity index is 1.91. The molecule has 0 radical (unpaired) electrons. The van der Waals surface area contributed by atoms with Crippen molar-refractivity contribution in [3.05, 3.63) is 35.9 Å². The zero-order valence-electron chi connectivity index (χ0n) is 11.2. The van der Waals surface area contributed by atoms with Gasteiger partial charge in [-0.05, 0) is 19.0 Å². The highest BCUT2D eigenvalue weighted by molar-refractivity contribution is 6.09. The molecule has 0 spiro atoms. The molecule has 1 N–H and O–H groups in total. The first-order chi connectivity index (χ1) is 9.63. The minimum Gasteiger partial charge on any atom is -0.297 e. The number of nitrogens with zero attached hydrogens (tertiary/aromatic N) is 2. The third-order valence-corrected chi connectivity index (χ3v) is 4.24. The number of benzene rings is 1. The van der Waals surface area contributed by atoms with Crippen LogP contribution in [0.1, 0.15) is 12.0 Å². The first-order valence-corrected chi connectivity index (χ1v) is 6.64. The highest BCUT2D eigenvalue weighted by Gasteiger charge is 2.59. The van der Waals surface area contributed by atoms with Crippen molar-refractivity contribution in [3.63, 3.8) is 0 Å². The van der Waals surface area contributed by atoms with Crippen molar-refractivity contribution in [2.45, 2.75) is 12.0 Å². The van der Waals surface area contributed by atoms with E-state index in [-0.39, 0.29) is 30.2 Å². The average Bonchev–Trinajstić information content (AvgIpc) is 3.25. The Morgan fingerprint density at radius 3 is 2.40 bits per heavy atom.